The first-order valence-corrected chi connectivity index (χ1v) is 6.33. The van der Waals surface area contributed by atoms with Crippen molar-refractivity contribution in [3.63, 3.8) is 0 Å². The van der Waals surface area contributed by atoms with Crippen molar-refractivity contribution in [1.82, 2.24) is 14.5 Å². The Kier molecular flexibility index (Phi) is 3.46. The molecule has 0 atom stereocenters. The molecule has 0 saturated carbocycles. The van der Waals surface area contributed by atoms with Crippen molar-refractivity contribution in [2.75, 3.05) is 4.66 Å². The van der Waals surface area contributed by atoms with Gasteiger partial charge in [-0.05, 0) is 6.07 Å². The van der Waals surface area contributed by atoms with Gasteiger partial charge in [0.2, 0.25) is 10.0 Å². The summed E-state index contributed by atoms with van der Waals surface area (Å²) in [6.07, 6.45) is 1.62. The van der Waals surface area contributed by atoms with E-state index < -0.39 is 10.0 Å². The van der Waals surface area contributed by atoms with Crippen LogP contribution in [0.5, 0.6) is 0 Å². The lowest BCUT2D eigenvalue weighted by Crippen LogP contribution is -2.24. The van der Waals surface area contributed by atoms with Crippen LogP contribution in [0.2, 0.25) is 0 Å². The molecular weight excluding hydrogens is 258 g/mol. The smallest absolute Gasteiger partial charge is 0.221 e. The van der Waals surface area contributed by atoms with Crippen molar-refractivity contribution >= 4 is 26.0 Å². The molecule has 1 N–H and O–H groups in total. The molecule has 1 heterocycles. The molecule has 0 aromatic carbocycles. The Bertz CT molecular complexity index is 373. The summed E-state index contributed by atoms with van der Waals surface area (Å²) in [4.78, 5) is 0. The Balaban J connectivity index is 2.58. The van der Waals surface area contributed by atoms with Gasteiger partial charge in [0.25, 0.3) is 0 Å². The van der Waals surface area contributed by atoms with Crippen LogP contribution in [-0.2, 0) is 23.6 Å². The van der Waals surface area contributed by atoms with Gasteiger partial charge in [0.05, 0.1) is 12.2 Å². The molecule has 5 nitrogen and oxygen atoms in total. The van der Waals surface area contributed by atoms with Gasteiger partial charge in [-0.2, -0.15) is 5.10 Å². The van der Waals surface area contributed by atoms with Crippen molar-refractivity contribution in [1.29, 1.82) is 0 Å². The Morgan fingerprint density at radius 1 is 1.69 bits per heavy atom. The van der Waals surface area contributed by atoms with Crippen molar-refractivity contribution < 1.29 is 8.42 Å². The minimum atomic E-state index is -3.19. The molecule has 0 fully saturated rings. The number of nitrogens with one attached hydrogen (secondary N) is 1. The Morgan fingerprint density at radius 2 is 2.38 bits per heavy atom. The molecule has 0 radical (unpaired) electrons. The summed E-state index contributed by atoms with van der Waals surface area (Å²) < 4.78 is 26.0. The number of nitrogens with zero attached hydrogens (tertiary/aromatic N) is 2. The number of hydrogen-bond donors (Lipinski definition) is 1. The Hall–Kier alpha value is -0.400. The third kappa shape index (κ3) is 3.09. The molecule has 1 aromatic rings. The lowest BCUT2D eigenvalue weighted by Gasteiger charge is -2.03. The van der Waals surface area contributed by atoms with Crippen LogP contribution < -0.4 is 4.72 Å². The summed E-state index contributed by atoms with van der Waals surface area (Å²) in [5.41, 5.74) is 0.824. The zero-order chi connectivity index (χ0) is 9.90. The lowest BCUT2D eigenvalue weighted by molar-refractivity contribution is 0.582. The summed E-state index contributed by atoms with van der Waals surface area (Å²) in [6.45, 7) is 0.268. The van der Waals surface area contributed by atoms with Crippen LogP contribution in [0.4, 0.5) is 0 Å². The van der Waals surface area contributed by atoms with Gasteiger partial charge in [-0.15, -0.1) is 0 Å². The topological polar surface area (TPSA) is 64.0 Å². The quantitative estimate of drug-likeness (QED) is 0.793. The fourth-order valence-corrected chi connectivity index (χ4v) is 1.73. The number of sulfonamides is 1. The van der Waals surface area contributed by atoms with Crippen molar-refractivity contribution in [2.24, 2.45) is 7.05 Å². The Morgan fingerprint density at radius 3 is 2.85 bits per heavy atom. The molecule has 1 aromatic heterocycles. The van der Waals surface area contributed by atoms with Crippen molar-refractivity contribution in [2.45, 2.75) is 6.54 Å². The standard InChI is InChI=1S/C6H10BrN3O2S/c1-10-6(2-3-8-10)4-9-13(11,12)5-7/h2-3,9H,4-5H2,1H3. The van der Waals surface area contributed by atoms with Gasteiger partial charge in [0, 0.05) is 13.2 Å². The van der Waals surface area contributed by atoms with E-state index >= 15 is 0 Å². The summed E-state index contributed by atoms with van der Waals surface area (Å²) in [5, 5.41) is 3.91. The summed E-state index contributed by atoms with van der Waals surface area (Å²) in [5.74, 6) is 0. The largest absolute Gasteiger partial charge is 0.271 e. The molecule has 0 amide bonds. The lowest BCUT2D eigenvalue weighted by atomic mass is 10.4. The van der Waals surface area contributed by atoms with E-state index in [0.29, 0.717) is 0 Å². The van der Waals surface area contributed by atoms with E-state index in [4.69, 9.17) is 0 Å². The average molecular weight is 268 g/mol. The maximum absolute atomic E-state index is 11.0. The maximum atomic E-state index is 11.0. The first kappa shape index (κ1) is 10.7. The van der Waals surface area contributed by atoms with Gasteiger partial charge >= 0.3 is 0 Å². The van der Waals surface area contributed by atoms with Gasteiger partial charge in [0.15, 0.2) is 0 Å². The molecule has 0 saturated heterocycles. The SMILES string of the molecule is Cn1nccc1CNS(=O)(=O)CBr. The number of aromatic nitrogens is 2. The molecule has 0 aliphatic heterocycles. The van der Waals surface area contributed by atoms with E-state index in [0.717, 1.165) is 5.69 Å². The molecule has 13 heavy (non-hydrogen) atoms. The number of rotatable bonds is 4. The van der Waals surface area contributed by atoms with E-state index in [2.05, 4.69) is 25.8 Å². The highest BCUT2D eigenvalue weighted by Gasteiger charge is 2.07. The highest BCUT2D eigenvalue weighted by Crippen LogP contribution is 1.98. The van der Waals surface area contributed by atoms with E-state index in [-0.39, 0.29) is 11.2 Å². The van der Waals surface area contributed by atoms with Crippen LogP contribution in [0.3, 0.4) is 0 Å². The first-order valence-electron chi connectivity index (χ1n) is 3.55. The number of hydrogen-bond acceptors (Lipinski definition) is 3. The van der Waals surface area contributed by atoms with Crippen LogP contribution in [0.25, 0.3) is 0 Å². The second-order valence-electron chi connectivity index (χ2n) is 2.49. The molecule has 7 heteroatoms. The summed E-state index contributed by atoms with van der Waals surface area (Å²) in [7, 11) is -1.43. The van der Waals surface area contributed by atoms with Gasteiger partial charge in [-0.3, -0.25) is 4.68 Å². The zero-order valence-corrected chi connectivity index (χ0v) is 9.47. The summed E-state index contributed by atoms with van der Waals surface area (Å²) in [6, 6.07) is 1.76. The predicted octanol–water partition coefficient (Wildman–Crippen LogP) is 0.192. The molecule has 0 aliphatic rings. The van der Waals surface area contributed by atoms with Crippen LogP contribution in [0.1, 0.15) is 5.69 Å². The van der Waals surface area contributed by atoms with Gasteiger partial charge < -0.3 is 0 Å². The van der Waals surface area contributed by atoms with Crippen LogP contribution in [0.15, 0.2) is 12.3 Å². The van der Waals surface area contributed by atoms with Crippen LogP contribution in [0, 0.1) is 0 Å². The van der Waals surface area contributed by atoms with Gasteiger partial charge in [-0.25, -0.2) is 13.1 Å². The van der Waals surface area contributed by atoms with Crippen LogP contribution in [-0.4, -0.2) is 22.9 Å². The normalized spacial score (nSPS) is 11.8. The minimum absolute atomic E-state index is 0.0855. The molecule has 0 aliphatic carbocycles. The van der Waals surface area contributed by atoms with Gasteiger partial charge in [0.1, 0.15) is 4.66 Å². The summed E-state index contributed by atoms with van der Waals surface area (Å²) >= 11 is 2.88. The van der Waals surface area contributed by atoms with E-state index in [1.165, 1.54) is 0 Å². The molecule has 0 unspecified atom stereocenters. The third-order valence-corrected chi connectivity index (χ3v) is 4.22. The van der Waals surface area contributed by atoms with E-state index in [9.17, 15) is 8.42 Å². The zero-order valence-electron chi connectivity index (χ0n) is 7.07. The molecular formula is C6H10BrN3O2S. The maximum Gasteiger partial charge on any atom is 0.221 e. The third-order valence-electron chi connectivity index (χ3n) is 1.54. The molecule has 0 bridgehead atoms. The predicted molar refractivity (Wildman–Crippen MR) is 52.8 cm³/mol. The monoisotopic (exact) mass is 267 g/mol. The van der Waals surface area contributed by atoms with E-state index in [1.54, 1.807) is 24.0 Å². The van der Waals surface area contributed by atoms with Crippen molar-refractivity contribution in [3.8, 4) is 0 Å². The van der Waals surface area contributed by atoms with E-state index in [1.807, 2.05) is 0 Å². The van der Waals surface area contributed by atoms with Gasteiger partial charge in [-0.1, -0.05) is 15.9 Å². The van der Waals surface area contributed by atoms with Crippen LogP contribution >= 0.6 is 15.9 Å². The number of halogens is 1. The Labute approximate surface area is 85.3 Å². The minimum Gasteiger partial charge on any atom is -0.271 e. The fraction of sp³-hybridized carbons (Fsp3) is 0.500. The number of aryl methyl sites for hydroxylation is 1. The number of alkyl halides is 1. The highest BCUT2D eigenvalue weighted by atomic mass is 79.9. The second-order valence-corrected chi connectivity index (χ2v) is 5.60. The van der Waals surface area contributed by atoms with Crippen molar-refractivity contribution in [3.05, 3.63) is 18.0 Å². The second kappa shape index (κ2) is 4.21. The molecule has 0 spiro atoms. The first-order chi connectivity index (χ1) is 6.05. The highest BCUT2D eigenvalue weighted by molar-refractivity contribution is 9.10. The average Bonchev–Trinajstić information content (AvgIpc) is 2.48. The molecule has 1 rings (SSSR count). The molecule has 74 valence electrons. The fourth-order valence-electron chi connectivity index (χ4n) is 0.797.